The van der Waals surface area contributed by atoms with Crippen LogP contribution in [0.4, 0.5) is 0 Å². The van der Waals surface area contributed by atoms with E-state index in [2.05, 4.69) is 187 Å². The van der Waals surface area contributed by atoms with E-state index in [-0.39, 0.29) is 0 Å². The molecule has 0 N–H and O–H groups in total. The molecule has 0 aliphatic heterocycles. The fourth-order valence-electron chi connectivity index (χ4n) is 9.51. The summed E-state index contributed by atoms with van der Waals surface area (Å²) in [6.45, 7) is 0. The van der Waals surface area contributed by atoms with E-state index in [9.17, 15) is 0 Å². The van der Waals surface area contributed by atoms with Gasteiger partial charge in [-0.25, -0.2) is 9.97 Å². The van der Waals surface area contributed by atoms with E-state index in [4.69, 9.17) is 14.4 Å². The van der Waals surface area contributed by atoms with Gasteiger partial charge in [0, 0.05) is 53.0 Å². The molecule has 0 unspecified atom stereocenters. The highest BCUT2D eigenvalue weighted by Gasteiger charge is 2.21. The third-order valence-electron chi connectivity index (χ3n) is 12.4. The van der Waals surface area contributed by atoms with Crippen LogP contribution in [0.15, 0.2) is 217 Å². The highest BCUT2D eigenvalue weighted by atomic mass is 32.1. The molecule has 0 amide bonds. The van der Waals surface area contributed by atoms with E-state index in [1.165, 1.54) is 53.2 Å². The molecule has 5 heteroatoms. The second-order valence-corrected chi connectivity index (χ2v) is 17.1. The lowest BCUT2D eigenvalue weighted by Crippen LogP contribution is -1.95. The quantitative estimate of drug-likeness (QED) is 0.168. The molecule has 0 aliphatic rings. The van der Waals surface area contributed by atoms with Crippen molar-refractivity contribution in [2.24, 2.45) is 0 Å². The van der Waals surface area contributed by atoms with Gasteiger partial charge in [-0.3, -0.25) is 0 Å². The first-order chi connectivity index (χ1) is 31.2. The zero-order chi connectivity index (χ0) is 41.4. The fraction of sp³-hybridized carbons (Fsp3) is 0. The van der Waals surface area contributed by atoms with E-state index in [1.54, 1.807) is 0 Å². The summed E-state index contributed by atoms with van der Waals surface area (Å²) in [4.78, 5) is 10.3. The monoisotopic (exact) mass is 821 g/mol. The van der Waals surface area contributed by atoms with Crippen molar-refractivity contribution >= 4 is 75.3 Å². The summed E-state index contributed by atoms with van der Waals surface area (Å²) in [6, 6.07) is 75.5. The molecule has 0 spiro atoms. The second-order valence-electron chi connectivity index (χ2n) is 16.1. The molecule has 0 fully saturated rings. The van der Waals surface area contributed by atoms with Gasteiger partial charge in [-0.1, -0.05) is 164 Å². The number of hydrogen-bond donors (Lipinski definition) is 0. The molecule has 63 heavy (non-hydrogen) atoms. The molecule has 0 atom stereocenters. The molecule has 4 nitrogen and oxygen atoms in total. The average Bonchev–Trinajstić information content (AvgIpc) is 4.04. The maximum absolute atomic E-state index is 6.40. The zero-order valence-electron chi connectivity index (χ0n) is 33.9. The smallest absolute Gasteiger partial charge is 0.160 e. The Kier molecular flexibility index (Phi) is 8.05. The first-order valence-corrected chi connectivity index (χ1v) is 22.0. The molecule has 0 radical (unpaired) electrons. The van der Waals surface area contributed by atoms with Crippen LogP contribution in [0, 0.1) is 0 Å². The topological polar surface area (TPSA) is 43.9 Å². The van der Waals surface area contributed by atoms with Crippen LogP contribution in [0.2, 0.25) is 0 Å². The van der Waals surface area contributed by atoms with Crippen LogP contribution in [0.1, 0.15) is 0 Å². The van der Waals surface area contributed by atoms with Crippen LogP contribution in [0.3, 0.4) is 0 Å². The van der Waals surface area contributed by atoms with Crippen LogP contribution >= 0.6 is 11.3 Å². The van der Waals surface area contributed by atoms with Crippen molar-refractivity contribution in [3.63, 3.8) is 0 Å². The Balaban J connectivity index is 1.02. The predicted octanol–water partition coefficient (Wildman–Crippen LogP) is 16.2. The predicted molar refractivity (Wildman–Crippen MR) is 264 cm³/mol. The Hall–Kier alpha value is -8.12. The molecule has 0 bridgehead atoms. The number of aromatic nitrogens is 3. The summed E-state index contributed by atoms with van der Waals surface area (Å²) < 4.78 is 11.3. The molecule has 294 valence electrons. The van der Waals surface area contributed by atoms with Crippen molar-refractivity contribution in [1.82, 2.24) is 14.5 Å². The minimum atomic E-state index is 0.714. The molecule has 0 aliphatic carbocycles. The summed E-state index contributed by atoms with van der Waals surface area (Å²) in [5.41, 5.74) is 14.9. The van der Waals surface area contributed by atoms with Crippen molar-refractivity contribution in [2.45, 2.75) is 0 Å². The van der Waals surface area contributed by atoms with E-state index >= 15 is 0 Å². The number of hydrogen-bond acceptors (Lipinski definition) is 4. The van der Waals surface area contributed by atoms with Gasteiger partial charge >= 0.3 is 0 Å². The van der Waals surface area contributed by atoms with E-state index in [0.717, 1.165) is 66.7 Å². The molecule has 4 aromatic heterocycles. The van der Waals surface area contributed by atoms with Gasteiger partial charge in [-0.2, -0.15) is 0 Å². The lowest BCUT2D eigenvalue weighted by atomic mass is 9.99. The Labute approximate surface area is 366 Å². The van der Waals surface area contributed by atoms with Gasteiger partial charge in [0.15, 0.2) is 5.82 Å². The van der Waals surface area contributed by atoms with Gasteiger partial charge < -0.3 is 8.98 Å². The highest BCUT2D eigenvalue weighted by molar-refractivity contribution is 7.26. The standard InChI is InChI=1S/C58H35N3OS/c1-4-15-36(16-5-1)39-29-31-50-46(33-39)47-34-40(30-32-51(47)61(50)52-26-14-28-54-55(52)45-21-10-11-27-53(45)62-54)41-22-12-23-42-43-24-13-25-44(57(43)63-56(41)42)49-35-48(37-17-6-2-7-18-37)59-58(60-49)38-19-8-3-9-20-38/h1-35H. The van der Waals surface area contributed by atoms with Gasteiger partial charge in [0.05, 0.1) is 33.5 Å². The molecule has 9 aromatic carbocycles. The maximum Gasteiger partial charge on any atom is 0.160 e. The first kappa shape index (κ1) is 35.6. The molecule has 13 aromatic rings. The van der Waals surface area contributed by atoms with E-state index in [1.807, 2.05) is 41.7 Å². The number of para-hydroxylation sites is 1. The number of benzene rings is 9. The highest BCUT2D eigenvalue weighted by Crippen LogP contribution is 2.46. The maximum atomic E-state index is 6.40. The fourth-order valence-corrected chi connectivity index (χ4v) is 10.9. The Morgan fingerprint density at radius 3 is 1.67 bits per heavy atom. The van der Waals surface area contributed by atoms with Crippen molar-refractivity contribution in [3.05, 3.63) is 212 Å². The summed E-state index contributed by atoms with van der Waals surface area (Å²) in [7, 11) is 0. The van der Waals surface area contributed by atoms with Gasteiger partial charge in [0.1, 0.15) is 11.2 Å². The van der Waals surface area contributed by atoms with Crippen LogP contribution in [0.25, 0.3) is 126 Å². The summed E-state index contributed by atoms with van der Waals surface area (Å²) in [5.74, 6) is 0.714. The molecule has 0 saturated heterocycles. The largest absolute Gasteiger partial charge is 0.456 e. The second kappa shape index (κ2) is 14.2. The van der Waals surface area contributed by atoms with Gasteiger partial charge in [0.2, 0.25) is 0 Å². The number of fused-ring (bicyclic) bond motifs is 9. The molecule has 13 rings (SSSR count). The van der Waals surface area contributed by atoms with Crippen molar-refractivity contribution in [2.75, 3.05) is 0 Å². The van der Waals surface area contributed by atoms with Gasteiger partial charge in [-0.15, -0.1) is 11.3 Å². The van der Waals surface area contributed by atoms with Crippen LogP contribution in [-0.2, 0) is 0 Å². The van der Waals surface area contributed by atoms with Gasteiger partial charge in [0.25, 0.3) is 0 Å². The van der Waals surface area contributed by atoms with Crippen molar-refractivity contribution < 1.29 is 4.42 Å². The third kappa shape index (κ3) is 5.74. The van der Waals surface area contributed by atoms with Crippen LogP contribution in [0.5, 0.6) is 0 Å². The number of thiophene rings is 1. The summed E-state index contributed by atoms with van der Waals surface area (Å²) in [6.07, 6.45) is 0. The normalized spacial score (nSPS) is 11.8. The Morgan fingerprint density at radius 1 is 0.365 bits per heavy atom. The number of rotatable bonds is 6. The summed E-state index contributed by atoms with van der Waals surface area (Å²) in [5, 5.41) is 7.09. The van der Waals surface area contributed by atoms with E-state index in [0.29, 0.717) is 5.82 Å². The Morgan fingerprint density at radius 2 is 0.921 bits per heavy atom. The lowest BCUT2D eigenvalue weighted by Gasteiger charge is -2.10. The average molecular weight is 822 g/mol. The lowest BCUT2D eigenvalue weighted by molar-refractivity contribution is 0.669. The summed E-state index contributed by atoms with van der Waals surface area (Å²) >= 11 is 1.85. The minimum absolute atomic E-state index is 0.714. The number of furan rings is 1. The van der Waals surface area contributed by atoms with E-state index < -0.39 is 0 Å². The zero-order valence-corrected chi connectivity index (χ0v) is 34.7. The SMILES string of the molecule is c1ccc(-c2ccc3c(c2)c2cc(-c4cccc5c4sc4c(-c6cc(-c7ccccc7)nc(-c7ccccc7)n6)cccc45)ccc2n3-c2cccc3oc4ccccc4c23)cc1. The van der Waals surface area contributed by atoms with Crippen LogP contribution in [-0.4, -0.2) is 14.5 Å². The Bertz CT molecular complexity index is 3840. The van der Waals surface area contributed by atoms with Crippen molar-refractivity contribution in [1.29, 1.82) is 0 Å². The van der Waals surface area contributed by atoms with Crippen LogP contribution < -0.4 is 0 Å². The molecule has 4 heterocycles. The first-order valence-electron chi connectivity index (χ1n) is 21.2. The van der Waals surface area contributed by atoms with Gasteiger partial charge in [-0.05, 0) is 70.8 Å². The minimum Gasteiger partial charge on any atom is -0.456 e. The molecular weight excluding hydrogens is 787 g/mol. The molecule has 0 saturated carbocycles. The third-order valence-corrected chi connectivity index (χ3v) is 13.7. The number of nitrogens with zero attached hydrogens (tertiary/aromatic N) is 3. The molecular formula is C58H35N3OS. The van der Waals surface area contributed by atoms with Crippen molar-refractivity contribution in [3.8, 4) is 61.8 Å².